The third kappa shape index (κ3) is 6.69. The maximum atomic E-state index is 12.3. The van der Waals surface area contributed by atoms with Crippen LogP contribution in [0.2, 0.25) is 0 Å². The maximum absolute atomic E-state index is 12.3. The van der Waals surface area contributed by atoms with E-state index in [1.165, 1.54) is 0 Å². The number of hydrogen-bond donors (Lipinski definition) is 3. The van der Waals surface area contributed by atoms with E-state index in [0.717, 1.165) is 12.8 Å². The molecule has 27 heavy (non-hydrogen) atoms. The topological polar surface area (TPSA) is 142 Å². The Morgan fingerprint density at radius 1 is 1.22 bits per heavy atom. The lowest BCUT2D eigenvalue weighted by molar-refractivity contribution is 0.00784. The Labute approximate surface area is 159 Å². The van der Waals surface area contributed by atoms with Crippen molar-refractivity contribution in [3.63, 3.8) is 0 Å². The van der Waals surface area contributed by atoms with Crippen molar-refractivity contribution in [2.24, 2.45) is 27.2 Å². The standard InChI is InChI=1S/C18H28N6O3/c1-18(2,3)27-17(25)24-10-6-7-12(11-24)26-14-9-5-4-8-13(14)22-16(21)23-15(19)20/h4-5,8-9,12H,6-7,10-11H2,1-3H3,(H6,19,20,21,22,23). The third-order valence-corrected chi connectivity index (χ3v) is 3.67. The van der Waals surface area contributed by atoms with E-state index < -0.39 is 5.60 Å². The summed E-state index contributed by atoms with van der Waals surface area (Å²) in [6.45, 7) is 6.62. The van der Waals surface area contributed by atoms with Crippen LogP contribution in [0.5, 0.6) is 5.75 Å². The van der Waals surface area contributed by atoms with Gasteiger partial charge in [-0.2, -0.15) is 4.99 Å². The van der Waals surface area contributed by atoms with Crippen LogP contribution in [-0.2, 0) is 4.74 Å². The summed E-state index contributed by atoms with van der Waals surface area (Å²) in [7, 11) is 0. The van der Waals surface area contributed by atoms with Gasteiger partial charge in [0.15, 0.2) is 5.96 Å². The Bertz CT molecular complexity index is 722. The molecule has 0 bridgehead atoms. The molecule has 1 saturated heterocycles. The number of rotatable bonds is 3. The van der Waals surface area contributed by atoms with E-state index >= 15 is 0 Å². The quantitative estimate of drug-likeness (QED) is 0.541. The van der Waals surface area contributed by atoms with Crippen molar-refractivity contribution in [2.45, 2.75) is 45.3 Å². The fraction of sp³-hybridized carbons (Fsp3) is 0.500. The molecular formula is C18H28N6O3. The molecule has 6 N–H and O–H groups in total. The SMILES string of the molecule is CC(C)(C)OC(=O)N1CCCC(Oc2ccccc2N=C(N)N=C(N)N)C1. The van der Waals surface area contributed by atoms with Crippen LogP contribution in [-0.4, -0.2) is 47.7 Å². The number of benzene rings is 1. The number of carbonyl (C=O) groups excluding carboxylic acids is 1. The second kappa shape index (κ2) is 8.61. The predicted molar refractivity (Wildman–Crippen MR) is 105 cm³/mol. The molecule has 1 heterocycles. The zero-order valence-electron chi connectivity index (χ0n) is 16.0. The Morgan fingerprint density at radius 3 is 2.59 bits per heavy atom. The number of ether oxygens (including phenoxy) is 2. The average Bonchev–Trinajstić information content (AvgIpc) is 2.54. The van der Waals surface area contributed by atoms with Crippen molar-refractivity contribution in [3.05, 3.63) is 24.3 Å². The number of piperidine rings is 1. The zero-order valence-corrected chi connectivity index (χ0v) is 16.0. The molecule has 1 unspecified atom stereocenters. The highest BCUT2D eigenvalue weighted by Gasteiger charge is 2.28. The van der Waals surface area contributed by atoms with Crippen molar-refractivity contribution in [1.82, 2.24) is 4.90 Å². The lowest BCUT2D eigenvalue weighted by Gasteiger charge is -2.34. The summed E-state index contributed by atoms with van der Waals surface area (Å²) in [5, 5.41) is 0. The van der Waals surface area contributed by atoms with Crippen molar-refractivity contribution < 1.29 is 14.3 Å². The monoisotopic (exact) mass is 376 g/mol. The lowest BCUT2D eigenvalue weighted by Crippen LogP contribution is -2.46. The number of guanidine groups is 2. The molecular weight excluding hydrogens is 348 g/mol. The molecule has 0 saturated carbocycles. The number of aliphatic imine (C=N–C) groups is 2. The smallest absolute Gasteiger partial charge is 0.410 e. The van der Waals surface area contributed by atoms with Crippen LogP contribution in [0.3, 0.4) is 0 Å². The van der Waals surface area contributed by atoms with Gasteiger partial charge in [0, 0.05) is 6.54 Å². The van der Waals surface area contributed by atoms with E-state index in [1.54, 1.807) is 17.0 Å². The third-order valence-electron chi connectivity index (χ3n) is 3.67. The molecule has 0 spiro atoms. The minimum Gasteiger partial charge on any atom is -0.486 e. The van der Waals surface area contributed by atoms with Gasteiger partial charge in [-0.3, -0.25) is 0 Å². The summed E-state index contributed by atoms with van der Waals surface area (Å²) >= 11 is 0. The van der Waals surface area contributed by atoms with Gasteiger partial charge in [-0.15, -0.1) is 0 Å². The second-order valence-electron chi connectivity index (χ2n) is 7.28. The Balaban J connectivity index is 2.09. The second-order valence-corrected chi connectivity index (χ2v) is 7.28. The number of para-hydroxylation sites is 2. The van der Waals surface area contributed by atoms with E-state index in [1.807, 2.05) is 32.9 Å². The molecule has 1 aliphatic heterocycles. The summed E-state index contributed by atoms with van der Waals surface area (Å²) < 4.78 is 11.5. The predicted octanol–water partition coefficient (Wildman–Crippen LogP) is 1.68. The van der Waals surface area contributed by atoms with Crippen LogP contribution >= 0.6 is 0 Å². The highest BCUT2D eigenvalue weighted by molar-refractivity contribution is 5.93. The minimum atomic E-state index is -0.533. The number of nitrogens with two attached hydrogens (primary N) is 3. The van der Waals surface area contributed by atoms with Gasteiger partial charge >= 0.3 is 6.09 Å². The molecule has 9 nitrogen and oxygen atoms in total. The van der Waals surface area contributed by atoms with Crippen LogP contribution in [0.1, 0.15) is 33.6 Å². The average molecular weight is 376 g/mol. The van der Waals surface area contributed by atoms with Crippen molar-refractivity contribution in [1.29, 1.82) is 0 Å². The van der Waals surface area contributed by atoms with Crippen molar-refractivity contribution in [3.8, 4) is 5.75 Å². The minimum absolute atomic E-state index is 0.0647. The van der Waals surface area contributed by atoms with Crippen molar-refractivity contribution in [2.75, 3.05) is 13.1 Å². The van der Waals surface area contributed by atoms with Crippen LogP contribution in [0.25, 0.3) is 0 Å². The molecule has 0 aromatic heterocycles. The van der Waals surface area contributed by atoms with Crippen LogP contribution in [0.15, 0.2) is 34.3 Å². The van der Waals surface area contributed by atoms with Gasteiger partial charge in [0.25, 0.3) is 0 Å². The Hall–Kier alpha value is -2.97. The molecule has 1 atom stereocenters. The largest absolute Gasteiger partial charge is 0.486 e. The lowest BCUT2D eigenvalue weighted by atomic mass is 10.1. The first-order valence-electron chi connectivity index (χ1n) is 8.81. The Kier molecular flexibility index (Phi) is 6.49. The van der Waals surface area contributed by atoms with Gasteiger partial charge in [-0.05, 0) is 45.7 Å². The summed E-state index contributed by atoms with van der Waals surface area (Å²) in [5.41, 5.74) is 16.3. The highest BCUT2D eigenvalue weighted by Crippen LogP contribution is 2.29. The molecule has 1 aromatic rings. The van der Waals surface area contributed by atoms with Crippen LogP contribution in [0, 0.1) is 0 Å². The molecule has 148 valence electrons. The Morgan fingerprint density at radius 2 is 1.93 bits per heavy atom. The molecule has 2 rings (SSSR count). The summed E-state index contributed by atoms with van der Waals surface area (Å²) in [6.07, 6.45) is 1.14. The molecule has 1 fully saturated rings. The van der Waals surface area contributed by atoms with Crippen LogP contribution in [0.4, 0.5) is 10.5 Å². The number of nitrogens with zero attached hydrogens (tertiary/aromatic N) is 3. The maximum Gasteiger partial charge on any atom is 0.410 e. The zero-order chi connectivity index (χ0) is 20.0. The number of likely N-dealkylation sites (tertiary alicyclic amines) is 1. The molecule has 0 aliphatic carbocycles. The summed E-state index contributed by atoms with van der Waals surface area (Å²) in [4.78, 5) is 21.9. The molecule has 1 aromatic carbocycles. The normalized spacial score (nSPS) is 18.0. The van der Waals surface area contributed by atoms with E-state index in [0.29, 0.717) is 24.5 Å². The van der Waals surface area contributed by atoms with Gasteiger partial charge in [0.2, 0.25) is 5.96 Å². The molecule has 9 heteroatoms. The molecule has 1 amide bonds. The fourth-order valence-corrected chi connectivity index (χ4v) is 2.64. The van der Waals surface area contributed by atoms with Gasteiger partial charge < -0.3 is 31.6 Å². The first-order chi connectivity index (χ1) is 12.6. The van der Waals surface area contributed by atoms with E-state index in [2.05, 4.69) is 9.98 Å². The van der Waals surface area contributed by atoms with Crippen LogP contribution < -0.4 is 21.9 Å². The first kappa shape index (κ1) is 20.3. The van der Waals surface area contributed by atoms with E-state index in [9.17, 15) is 4.79 Å². The first-order valence-corrected chi connectivity index (χ1v) is 8.81. The molecule has 1 aliphatic rings. The van der Waals surface area contributed by atoms with E-state index in [4.69, 9.17) is 26.7 Å². The van der Waals surface area contributed by atoms with Crippen molar-refractivity contribution >= 4 is 23.7 Å². The van der Waals surface area contributed by atoms with Gasteiger partial charge in [0.05, 0.1) is 6.54 Å². The summed E-state index contributed by atoms with van der Waals surface area (Å²) in [5.74, 6) is 0.308. The number of hydrogen-bond acceptors (Lipinski definition) is 4. The fourth-order valence-electron chi connectivity index (χ4n) is 2.64. The van der Waals surface area contributed by atoms with Gasteiger partial charge in [0.1, 0.15) is 23.1 Å². The van der Waals surface area contributed by atoms with Gasteiger partial charge in [-0.1, -0.05) is 12.1 Å². The number of carbonyl (C=O) groups is 1. The van der Waals surface area contributed by atoms with E-state index in [-0.39, 0.29) is 24.1 Å². The summed E-state index contributed by atoms with van der Waals surface area (Å²) in [6, 6.07) is 7.18. The van der Waals surface area contributed by atoms with Gasteiger partial charge in [-0.25, -0.2) is 9.79 Å². The number of amides is 1. The highest BCUT2D eigenvalue weighted by atomic mass is 16.6. The molecule has 0 radical (unpaired) electrons.